The summed E-state index contributed by atoms with van der Waals surface area (Å²) in [7, 11) is 0. The Morgan fingerprint density at radius 3 is 2.11 bits per heavy atom. The minimum atomic E-state index is -1.84. The number of aliphatic carboxylic acids is 1. The van der Waals surface area contributed by atoms with E-state index < -0.39 is 29.2 Å². The van der Waals surface area contributed by atoms with E-state index in [1.54, 1.807) is 0 Å². The predicted molar refractivity (Wildman–Crippen MR) is 58.3 cm³/mol. The molecule has 0 bridgehead atoms. The molecule has 1 rings (SSSR count). The number of halogens is 2. The van der Waals surface area contributed by atoms with Gasteiger partial charge in [0.2, 0.25) is 5.76 Å². The number of rotatable bonds is 4. The van der Waals surface area contributed by atoms with Crippen molar-refractivity contribution in [2.75, 3.05) is 0 Å². The first-order chi connectivity index (χ1) is 8.41. The summed E-state index contributed by atoms with van der Waals surface area (Å²) in [6.45, 7) is 0. The number of carbonyl (C=O) groups is 2. The standard InChI is InChI=1S/C12H8F2O4/c13-8-3-1-7(2-4-8)10(15)6-5-9(14)11(16)12(17)18/h1-6,16H,(H,17,18)/b6-5+,11-9-. The molecule has 1 aromatic carbocycles. The van der Waals surface area contributed by atoms with Gasteiger partial charge in [-0.3, -0.25) is 4.79 Å². The summed E-state index contributed by atoms with van der Waals surface area (Å²) in [6, 6.07) is 4.51. The maximum Gasteiger partial charge on any atom is 0.374 e. The summed E-state index contributed by atoms with van der Waals surface area (Å²) in [4.78, 5) is 21.6. The molecular formula is C12H8F2O4. The zero-order valence-corrected chi connectivity index (χ0v) is 8.93. The fourth-order valence-corrected chi connectivity index (χ4v) is 1.04. The van der Waals surface area contributed by atoms with E-state index in [2.05, 4.69) is 0 Å². The van der Waals surface area contributed by atoms with Crippen LogP contribution in [0.25, 0.3) is 0 Å². The molecule has 18 heavy (non-hydrogen) atoms. The van der Waals surface area contributed by atoms with Crippen LogP contribution in [0.2, 0.25) is 0 Å². The topological polar surface area (TPSA) is 74.6 Å². The number of ketones is 1. The smallest absolute Gasteiger partial charge is 0.374 e. The van der Waals surface area contributed by atoms with Crippen molar-refractivity contribution in [2.45, 2.75) is 0 Å². The molecule has 0 spiro atoms. The average molecular weight is 254 g/mol. The quantitative estimate of drug-likeness (QED) is 0.374. The van der Waals surface area contributed by atoms with Crippen LogP contribution in [0.1, 0.15) is 10.4 Å². The van der Waals surface area contributed by atoms with Crippen molar-refractivity contribution in [1.82, 2.24) is 0 Å². The molecule has 0 saturated heterocycles. The van der Waals surface area contributed by atoms with Crippen LogP contribution < -0.4 is 0 Å². The third-order valence-electron chi connectivity index (χ3n) is 1.94. The Morgan fingerprint density at radius 1 is 1.06 bits per heavy atom. The van der Waals surface area contributed by atoms with Crippen LogP contribution >= 0.6 is 0 Å². The number of aliphatic hydroxyl groups excluding tert-OH is 1. The normalized spacial score (nSPS) is 12.3. The van der Waals surface area contributed by atoms with E-state index in [-0.39, 0.29) is 5.56 Å². The van der Waals surface area contributed by atoms with Crippen molar-refractivity contribution in [3.63, 3.8) is 0 Å². The number of carboxylic acid groups (broad SMARTS) is 1. The van der Waals surface area contributed by atoms with Crippen molar-refractivity contribution >= 4 is 11.8 Å². The summed E-state index contributed by atoms with van der Waals surface area (Å²) in [5.41, 5.74) is 0.107. The summed E-state index contributed by atoms with van der Waals surface area (Å²) in [5, 5.41) is 17.0. The van der Waals surface area contributed by atoms with Crippen molar-refractivity contribution in [2.24, 2.45) is 0 Å². The minimum Gasteiger partial charge on any atom is -0.500 e. The van der Waals surface area contributed by atoms with Crippen LogP contribution in [0.3, 0.4) is 0 Å². The van der Waals surface area contributed by atoms with E-state index in [0.717, 1.165) is 18.2 Å². The lowest BCUT2D eigenvalue weighted by atomic mass is 10.1. The second-order valence-corrected chi connectivity index (χ2v) is 3.21. The van der Waals surface area contributed by atoms with E-state index in [4.69, 9.17) is 10.2 Å². The third-order valence-corrected chi connectivity index (χ3v) is 1.94. The molecule has 0 radical (unpaired) electrons. The van der Waals surface area contributed by atoms with E-state index in [1.165, 1.54) is 12.1 Å². The fourth-order valence-electron chi connectivity index (χ4n) is 1.04. The molecule has 0 aliphatic carbocycles. The lowest BCUT2D eigenvalue weighted by Gasteiger charge is -1.95. The first-order valence-corrected chi connectivity index (χ1v) is 4.72. The molecule has 2 N–H and O–H groups in total. The van der Waals surface area contributed by atoms with Crippen LogP contribution in [0.15, 0.2) is 48.0 Å². The van der Waals surface area contributed by atoms with Gasteiger partial charge in [-0.15, -0.1) is 0 Å². The first-order valence-electron chi connectivity index (χ1n) is 4.72. The van der Waals surface area contributed by atoms with E-state index >= 15 is 0 Å². The number of carboxylic acids is 1. The predicted octanol–water partition coefficient (Wildman–Crippen LogP) is 2.39. The van der Waals surface area contributed by atoms with Gasteiger partial charge in [0.15, 0.2) is 11.6 Å². The van der Waals surface area contributed by atoms with Gasteiger partial charge in [-0.2, -0.15) is 0 Å². The SMILES string of the molecule is O=C(O)/C(O)=C(F)\C=C\C(=O)c1ccc(F)cc1. The second-order valence-electron chi connectivity index (χ2n) is 3.21. The first kappa shape index (κ1) is 13.6. The highest BCUT2D eigenvalue weighted by Crippen LogP contribution is 2.08. The van der Waals surface area contributed by atoms with E-state index in [0.29, 0.717) is 6.08 Å². The van der Waals surface area contributed by atoms with Crippen LogP contribution in [-0.2, 0) is 4.79 Å². The van der Waals surface area contributed by atoms with Gasteiger partial charge >= 0.3 is 5.97 Å². The molecule has 0 heterocycles. The molecule has 1 aromatic rings. The summed E-state index contributed by atoms with van der Waals surface area (Å²) >= 11 is 0. The molecule has 0 fully saturated rings. The van der Waals surface area contributed by atoms with Gasteiger partial charge in [0, 0.05) is 5.56 Å². The molecule has 94 valence electrons. The van der Waals surface area contributed by atoms with Crippen molar-refractivity contribution in [3.05, 3.63) is 59.4 Å². The highest BCUT2D eigenvalue weighted by atomic mass is 19.1. The summed E-state index contributed by atoms with van der Waals surface area (Å²) in [6.07, 6.45) is 1.26. The Kier molecular flexibility index (Phi) is 4.31. The molecule has 0 aromatic heterocycles. The van der Waals surface area contributed by atoms with Crippen molar-refractivity contribution < 1.29 is 28.6 Å². The summed E-state index contributed by atoms with van der Waals surface area (Å²) in [5.74, 6) is -5.95. The molecular weight excluding hydrogens is 246 g/mol. The lowest BCUT2D eigenvalue weighted by molar-refractivity contribution is -0.135. The molecule has 0 saturated carbocycles. The highest BCUT2D eigenvalue weighted by Gasteiger charge is 2.10. The van der Waals surface area contributed by atoms with E-state index in [1.807, 2.05) is 0 Å². The fraction of sp³-hybridized carbons (Fsp3) is 0. The molecule has 0 amide bonds. The number of benzene rings is 1. The third kappa shape index (κ3) is 3.51. The molecule has 0 unspecified atom stereocenters. The van der Waals surface area contributed by atoms with Gasteiger partial charge in [-0.25, -0.2) is 13.6 Å². The van der Waals surface area contributed by atoms with Crippen molar-refractivity contribution in [3.8, 4) is 0 Å². The van der Waals surface area contributed by atoms with Crippen LogP contribution in [0.5, 0.6) is 0 Å². The zero-order valence-electron chi connectivity index (χ0n) is 8.93. The Hall–Kier alpha value is -2.50. The maximum absolute atomic E-state index is 12.9. The molecule has 0 atom stereocenters. The van der Waals surface area contributed by atoms with Gasteiger partial charge < -0.3 is 10.2 Å². The Bertz CT molecular complexity index is 530. The van der Waals surface area contributed by atoms with Crippen LogP contribution in [0, 0.1) is 5.82 Å². The summed E-state index contributed by atoms with van der Waals surface area (Å²) < 4.78 is 25.5. The number of aliphatic hydroxyl groups is 1. The van der Waals surface area contributed by atoms with Gasteiger partial charge in [-0.05, 0) is 36.4 Å². The highest BCUT2D eigenvalue weighted by molar-refractivity contribution is 6.04. The van der Waals surface area contributed by atoms with Crippen molar-refractivity contribution in [1.29, 1.82) is 0 Å². The van der Waals surface area contributed by atoms with Gasteiger partial charge in [0.1, 0.15) is 5.82 Å². The Labute approximate surface area is 100 Å². The second kappa shape index (κ2) is 5.72. The Morgan fingerprint density at radius 2 is 1.61 bits per heavy atom. The van der Waals surface area contributed by atoms with E-state index in [9.17, 15) is 18.4 Å². The van der Waals surface area contributed by atoms with Crippen LogP contribution in [0.4, 0.5) is 8.78 Å². The largest absolute Gasteiger partial charge is 0.500 e. The Balaban J connectivity index is 2.86. The monoisotopic (exact) mass is 254 g/mol. The van der Waals surface area contributed by atoms with Gasteiger partial charge in [-0.1, -0.05) is 0 Å². The van der Waals surface area contributed by atoms with Gasteiger partial charge in [0.25, 0.3) is 0 Å². The zero-order chi connectivity index (χ0) is 13.7. The molecule has 6 heteroatoms. The number of hydrogen-bond donors (Lipinski definition) is 2. The average Bonchev–Trinajstić information content (AvgIpc) is 2.35. The molecule has 0 aliphatic heterocycles. The number of carbonyl (C=O) groups excluding carboxylic acids is 1. The minimum absolute atomic E-state index is 0.107. The lowest BCUT2D eigenvalue weighted by Crippen LogP contribution is -2.01. The number of allylic oxidation sites excluding steroid dienone is 3. The van der Waals surface area contributed by atoms with Crippen LogP contribution in [-0.4, -0.2) is 22.0 Å². The number of hydrogen-bond acceptors (Lipinski definition) is 3. The maximum atomic E-state index is 12.9. The molecule has 0 aliphatic rings. The molecule has 4 nitrogen and oxygen atoms in total. The van der Waals surface area contributed by atoms with Gasteiger partial charge in [0.05, 0.1) is 0 Å².